The summed E-state index contributed by atoms with van der Waals surface area (Å²) < 4.78 is 11.7. The summed E-state index contributed by atoms with van der Waals surface area (Å²) in [6, 6.07) is -0.296. The van der Waals surface area contributed by atoms with Gasteiger partial charge in [-0.3, -0.25) is 4.84 Å². The van der Waals surface area contributed by atoms with E-state index in [1.54, 1.807) is 13.2 Å². The van der Waals surface area contributed by atoms with Gasteiger partial charge in [-0.05, 0) is 23.7 Å². The predicted octanol–water partition coefficient (Wildman–Crippen LogP) is 3.19. The van der Waals surface area contributed by atoms with Crippen molar-refractivity contribution in [2.24, 2.45) is 0 Å². The molecule has 0 radical (unpaired) electrons. The SMILES string of the molecule is C=CCON1C(=O)N2CC1C(COC)=C[C@H]2CO[Si](C)(C)C(C)(C)C. The molecular formula is C18H32N2O4Si. The summed E-state index contributed by atoms with van der Waals surface area (Å²) in [5.74, 6) is 0. The van der Waals surface area contributed by atoms with Crippen molar-refractivity contribution in [1.29, 1.82) is 0 Å². The van der Waals surface area contributed by atoms with E-state index in [-0.39, 0.29) is 23.2 Å². The fourth-order valence-electron chi connectivity index (χ4n) is 2.83. The fourth-order valence-corrected chi connectivity index (χ4v) is 3.85. The van der Waals surface area contributed by atoms with Crippen LogP contribution in [0.2, 0.25) is 18.1 Å². The van der Waals surface area contributed by atoms with Crippen molar-refractivity contribution in [1.82, 2.24) is 9.96 Å². The number of carbonyl (C=O) groups is 1. The second kappa shape index (κ2) is 7.61. The van der Waals surface area contributed by atoms with Gasteiger partial charge >= 0.3 is 6.03 Å². The van der Waals surface area contributed by atoms with Crippen LogP contribution in [0.15, 0.2) is 24.3 Å². The third-order valence-corrected chi connectivity index (χ3v) is 9.89. The van der Waals surface area contributed by atoms with E-state index in [4.69, 9.17) is 14.0 Å². The number of methoxy groups -OCH3 is 1. The van der Waals surface area contributed by atoms with E-state index < -0.39 is 8.32 Å². The summed E-state index contributed by atoms with van der Waals surface area (Å²) in [7, 11) is -0.208. The summed E-state index contributed by atoms with van der Waals surface area (Å²) in [5.41, 5.74) is 1.07. The number of hydrogen-bond donors (Lipinski definition) is 0. The third-order valence-electron chi connectivity index (χ3n) is 5.39. The fraction of sp³-hybridized carbons (Fsp3) is 0.722. The lowest BCUT2D eigenvalue weighted by Crippen LogP contribution is -2.47. The maximum absolute atomic E-state index is 12.7. The second-order valence-corrected chi connectivity index (χ2v) is 13.0. The maximum atomic E-state index is 12.7. The van der Waals surface area contributed by atoms with E-state index in [1.165, 1.54) is 5.06 Å². The number of rotatable bonds is 8. The molecule has 0 aromatic heterocycles. The number of carbonyl (C=O) groups excluding carboxylic acids is 1. The molecule has 2 aliphatic heterocycles. The Morgan fingerprint density at radius 3 is 2.64 bits per heavy atom. The van der Waals surface area contributed by atoms with Crippen LogP contribution in [0, 0.1) is 0 Å². The molecule has 2 aliphatic rings. The average Bonchev–Trinajstić information content (AvgIpc) is 2.80. The number of urea groups is 1. The van der Waals surface area contributed by atoms with E-state index in [9.17, 15) is 4.79 Å². The Morgan fingerprint density at radius 2 is 2.08 bits per heavy atom. The third kappa shape index (κ3) is 4.16. The van der Waals surface area contributed by atoms with Crippen LogP contribution in [-0.4, -0.2) is 69.9 Å². The molecule has 1 fully saturated rings. The first-order chi connectivity index (χ1) is 11.6. The van der Waals surface area contributed by atoms with Gasteiger partial charge in [0.15, 0.2) is 8.32 Å². The molecule has 0 saturated carbocycles. The van der Waals surface area contributed by atoms with Gasteiger partial charge in [0.25, 0.3) is 0 Å². The Kier molecular flexibility index (Phi) is 6.14. The first kappa shape index (κ1) is 20.2. The zero-order valence-electron chi connectivity index (χ0n) is 16.4. The maximum Gasteiger partial charge on any atom is 0.345 e. The number of hydrogen-bond acceptors (Lipinski definition) is 4. The average molecular weight is 369 g/mol. The van der Waals surface area contributed by atoms with Crippen LogP contribution >= 0.6 is 0 Å². The minimum absolute atomic E-state index is 0.0830. The topological polar surface area (TPSA) is 51.2 Å². The summed E-state index contributed by atoms with van der Waals surface area (Å²) >= 11 is 0. The van der Waals surface area contributed by atoms with E-state index in [2.05, 4.69) is 46.5 Å². The number of nitrogens with zero attached hydrogens (tertiary/aromatic N) is 2. The van der Waals surface area contributed by atoms with Gasteiger partial charge in [0, 0.05) is 7.11 Å². The smallest absolute Gasteiger partial charge is 0.345 e. The van der Waals surface area contributed by atoms with Gasteiger partial charge < -0.3 is 14.1 Å². The highest BCUT2D eigenvalue weighted by Crippen LogP contribution is 2.37. The predicted molar refractivity (Wildman–Crippen MR) is 101 cm³/mol. The van der Waals surface area contributed by atoms with Gasteiger partial charge in [-0.1, -0.05) is 32.9 Å². The molecule has 0 aromatic rings. The molecule has 0 spiro atoms. The molecule has 2 rings (SSSR count). The van der Waals surface area contributed by atoms with Crippen molar-refractivity contribution >= 4 is 14.3 Å². The largest absolute Gasteiger partial charge is 0.414 e. The molecule has 25 heavy (non-hydrogen) atoms. The van der Waals surface area contributed by atoms with Crippen molar-refractivity contribution in [2.75, 3.05) is 33.5 Å². The molecule has 2 heterocycles. The highest BCUT2D eigenvalue weighted by molar-refractivity contribution is 6.74. The summed E-state index contributed by atoms with van der Waals surface area (Å²) in [5, 5.41) is 1.59. The minimum atomic E-state index is -1.87. The van der Waals surface area contributed by atoms with Crippen LogP contribution in [0.25, 0.3) is 0 Å². The van der Waals surface area contributed by atoms with Gasteiger partial charge in [0.2, 0.25) is 0 Å². The highest BCUT2D eigenvalue weighted by Gasteiger charge is 2.47. The van der Waals surface area contributed by atoms with Gasteiger partial charge in [-0.2, -0.15) is 5.06 Å². The van der Waals surface area contributed by atoms with Gasteiger partial charge in [0.1, 0.15) is 6.04 Å². The number of amides is 2. The van der Waals surface area contributed by atoms with Crippen LogP contribution in [0.4, 0.5) is 4.79 Å². The quantitative estimate of drug-likeness (QED) is 0.488. The normalized spacial score (nSPS) is 23.9. The second-order valence-electron chi connectivity index (χ2n) is 8.17. The summed E-state index contributed by atoms with van der Waals surface area (Å²) in [4.78, 5) is 20.2. The Labute approximate surface area is 152 Å². The molecule has 142 valence electrons. The standard InChI is InChI=1S/C18H32N2O4Si/c1-8-9-23-20-16-11-19(17(20)21)15(10-14(16)12-22-5)13-24-25(6,7)18(2,3)4/h8,10,15-16H,1,9,11-13H2,2-7H3/t15-,16?/m0/s1. The zero-order valence-corrected chi connectivity index (χ0v) is 17.4. The number of ether oxygens (including phenoxy) is 1. The summed E-state index contributed by atoms with van der Waals surface area (Å²) in [6.07, 6.45) is 3.75. The van der Waals surface area contributed by atoms with Crippen molar-refractivity contribution in [3.05, 3.63) is 24.3 Å². The van der Waals surface area contributed by atoms with Gasteiger partial charge in [-0.25, -0.2) is 4.79 Å². The van der Waals surface area contributed by atoms with E-state index in [0.717, 1.165) is 5.57 Å². The molecule has 2 bridgehead atoms. The monoisotopic (exact) mass is 368 g/mol. The molecular weight excluding hydrogens is 336 g/mol. The molecule has 1 unspecified atom stereocenters. The van der Waals surface area contributed by atoms with E-state index in [0.29, 0.717) is 26.4 Å². The van der Waals surface area contributed by atoms with Crippen LogP contribution in [-0.2, 0) is 14.0 Å². The lowest BCUT2D eigenvalue weighted by atomic mass is 10.0. The first-order valence-electron chi connectivity index (χ1n) is 8.79. The van der Waals surface area contributed by atoms with Gasteiger partial charge in [0.05, 0.1) is 32.4 Å². The molecule has 2 amide bonds. The van der Waals surface area contributed by atoms with E-state index >= 15 is 0 Å². The highest BCUT2D eigenvalue weighted by atomic mass is 28.4. The summed E-state index contributed by atoms with van der Waals surface area (Å²) in [6.45, 7) is 16.7. The lowest BCUT2D eigenvalue weighted by Gasteiger charge is -2.38. The Balaban J connectivity index is 2.16. The van der Waals surface area contributed by atoms with Crippen molar-refractivity contribution in [2.45, 2.75) is 51.0 Å². The van der Waals surface area contributed by atoms with Crippen molar-refractivity contribution in [3.63, 3.8) is 0 Å². The van der Waals surface area contributed by atoms with Crippen LogP contribution in [0.3, 0.4) is 0 Å². The zero-order chi connectivity index (χ0) is 18.8. The lowest BCUT2D eigenvalue weighted by molar-refractivity contribution is -0.111. The Morgan fingerprint density at radius 1 is 1.40 bits per heavy atom. The molecule has 6 nitrogen and oxygen atoms in total. The van der Waals surface area contributed by atoms with Crippen molar-refractivity contribution < 1.29 is 18.8 Å². The van der Waals surface area contributed by atoms with Gasteiger partial charge in [-0.15, -0.1) is 6.58 Å². The van der Waals surface area contributed by atoms with Crippen LogP contribution in [0.5, 0.6) is 0 Å². The molecule has 1 saturated heterocycles. The first-order valence-corrected chi connectivity index (χ1v) is 11.7. The minimum Gasteiger partial charge on any atom is -0.414 e. The molecule has 7 heteroatoms. The molecule has 0 aromatic carbocycles. The number of fused-ring (bicyclic) bond motifs is 2. The van der Waals surface area contributed by atoms with Crippen LogP contribution < -0.4 is 0 Å². The molecule has 0 aliphatic carbocycles. The van der Waals surface area contributed by atoms with E-state index in [1.807, 2.05) is 4.90 Å². The van der Waals surface area contributed by atoms with Crippen molar-refractivity contribution in [3.8, 4) is 0 Å². The molecule has 2 atom stereocenters. The Bertz CT molecular complexity index is 542. The number of hydroxylamine groups is 2. The van der Waals surface area contributed by atoms with Crippen LogP contribution in [0.1, 0.15) is 20.8 Å². The Hall–Kier alpha value is -1.15. The molecule has 0 N–H and O–H groups in total.